The van der Waals surface area contributed by atoms with Crippen molar-refractivity contribution < 1.29 is 5.11 Å². The number of hydrogen-bond acceptors (Lipinski definition) is 4. The van der Waals surface area contributed by atoms with Crippen molar-refractivity contribution in [2.24, 2.45) is 0 Å². The second-order valence-electron chi connectivity index (χ2n) is 4.71. The van der Waals surface area contributed by atoms with Gasteiger partial charge in [-0.1, -0.05) is 13.8 Å². The van der Waals surface area contributed by atoms with E-state index in [2.05, 4.69) is 36.0 Å². The Labute approximate surface area is 110 Å². The van der Waals surface area contributed by atoms with Gasteiger partial charge < -0.3 is 19.9 Å². The summed E-state index contributed by atoms with van der Waals surface area (Å²) < 4.78 is 2.04. The Hall–Kier alpha value is -0.910. The zero-order chi connectivity index (χ0) is 13.4. The van der Waals surface area contributed by atoms with E-state index in [1.54, 1.807) is 6.20 Å². The third-order valence-electron chi connectivity index (χ3n) is 3.11. The van der Waals surface area contributed by atoms with Crippen molar-refractivity contribution in [2.45, 2.75) is 39.5 Å². The fourth-order valence-corrected chi connectivity index (χ4v) is 1.96. The Morgan fingerprint density at radius 2 is 2.11 bits per heavy atom. The molecule has 1 aromatic rings. The summed E-state index contributed by atoms with van der Waals surface area (Å²) in [6.07, 6.45) is 5.23. The van der Waals surface area contributed by atoms with Gasteiger partial charge in [-0.2, -0.15) is 0 Å². The summed E-state index contributed by atoms with van der Waals surface area (Å²) in [5, 5.41) is 13.3. The number of hydrogen-bond donors (Lipinski definition) is 2. The molecule has 5 nitrogen and oxygen atoms in total. The van der Waals surface area contributed by atoms with E-state index in [9.17, 15) is 5.11 Å². The van der Waals surface area contributed by atoms with Crippen LogP contribution < -0.4 is 5.32 Å². The largest absolute Gasteiger partial charge is 0.390 e. The van der Waals surface area contributed by atoms with Gasteiger partial charge >= 0.3 is 0 Å². The number of rotatable bonds is 9. The predicted octanol–water partition coefficient (Wildman–Crippen LogP) is 0.564. The summed E-state index contributed by atoms with van der Waals surface area (Å²) >= 11 is 0. The molecule has 0 aliphatic carbocycles. The van der Waals surface area contributed by atoms with E-state index in [1.807, 2.05) is 17.1 Å². The first-order chi connectivity index (χ1) is 8.65. The van der Waals surface area contributed by atoms with Crippen LogP contribution >= 0.6 is 0 Å². The van der Waals surface area contributed by atoms with Gasteiger partial charge in [0.2, 0.25) is 0 Å². The van der Waals surface area contributed by atoms with Crippen molar-refractivity contribution >= 4 is 0 Å². The Morgan fingerprint density at radius 3 is 2.67 bits per heavy atom. The summed E-state index contributed by atoms with van der Waals surface area (Å²) in [5.74, 6) is 0. The molecule has 0 saturated carbocycles. The van der Waals surface area contributed by atoms with Crippen molar-refractivity contribution in [1.29, 1.82) is 0 Å². The molecule has 0 bridgehead atoms. The van der Waals surface area contributed by atoms with E-state index in [0.717, 1.165) is 26.2 Å². The molecule has 0 saturated heterocycles. The minimum absolute atomic E-state index is 0.310. The molecule has 1 heterocycles. The molecule has 2 unspecified atom stereocenters. The molecule has 0 aromatic carbocycles. The monoisotopic (exact) mass is 254 g/mol. The van der Waals surface area contributed by atoms with Crippen LogP contribution in [0.4, 0.5) is 0 Å². The van der Waals surface area contributed by atoms with Crippen LogP contribution in [-0.2, 0) is 6.54 Å². The van der Waals surface area contributed by atoms with Gasteiger partial charge in [0.05, 0.1) is 12.4 Å². The zero-order valence-corrected chi connectivity index (χ0v) is 11.7. The SMILES string of the molecule is CCN(CC)CC(O)CNC(C)Cn1ccnc1. The van der Waals surface area contributed by atoms with Crippen LogP contribution in [0.15, 0.2) is 18.7 Å². The molecule has 0 radical (unpaired) electrons. The lowest BCUT2D eigenvalue weighted by Crippen LogP contribution is -2.41. The fourth-order valence-electron chi connectivity index (χ4n) is 1.96. The van der Waals surface area contributed by atoms with E-state index in [-0.39, 0.29) is 6.10 Å². The average Bonchev–Trinajstić information content (AvgIpc) is 2.86. The number of imidazole rings is 1. The van der Waals surface area contributed by atoms with Crippen LogP contribution in [0.3, 0.4) is 0 Å². The fraction of sp³-hybridized carbons (Fsp3) is 0.769. The van der Waals surface area contributed by atoms with Gasteiger partial charge in [0.25, 0.3) is 0 Å². The van der Waals surface area contributed by atoms with E-state index >= 15 is 0 Å². The normalized spacial score (nSPS) is 14.9. The molecular formula is C13H26N4O. The van der Waals surface area contributed by atoms with Gasteiger partial charge in [-0.25, -0.2) is 4.98 Å². The minimum atomic E-state index is -0.310. The third-order valence-corrected chi connectivity index (χ3v) is 3.11. The number of nitrogens with one attached hydrogen (secondary N) is 1. The Kier molecular flexibility index (Phi) is 6.93. The zero-order valence-electron chi connectivity index (χ0n) is 11.7. The van der Waals surface area contributed by atoms with Gasteiger partial charge in [-0.3, -0.25) is 0 Å². The number of aromatic nitrogens is 2. The first-order valence-corrected chi connectivity index (χ1v) is 6.75. The second kappa shape index (κ2) is 8.24. The highest BCUT2D eigenvalue weighted by Gasteiger charge is 2.10. The smallest absolute Gasteiger partial charge is 0.0946 e. The number of nitrogens with zero attached hydrogens (tertiary/aromatic N) is 3. The van der Waals surface area contributed by atoms with Crippen LogP contribution in [0.5, 0.6) is 0 Å². The molecule has 2 N–H and O–H groups in total. The molecule has 104 valence electrons. The summed E-state index contributed by atoms with van der Waals surface area (Å²) in [7, 11) is 0. The van der Waals surface area contributed by atoms with Gasteiger partial charge in [0, 0.05) is 38.1 Å². The number of likely N-dealkylation sites (N-methyl/N-ethyl adjacent to an activating group) is 1. The first kappa shape index (κ1) is 15.1. The predicted molar refractivity (Wildman–Crippen MR) is 73.5 cm³/mol. The number of aliphatic hydroxyl groups is 1. The highest BCUT2D eigenvalue weighted by molar-refractivity contribution is 4.77. The molecule has 0 fully saturated rings. The molecule has 2 atom stereocenters. The van der Waals surface area contributed by atoms with Crippen molar-refractivity contribution in [3.63, 3.8) is 0 Å². The molecule has 0 aliphatic rings. The first-order valence-electron chi connectivity index (χ1n) is 6.75. The maximum Gasteiger partial charge on any atom is 0.0946 e. The van der Waals surface area contributed by atoms with E-state index in [1.165, 1.54) is 0 Å². The quantitative estimate of drug-likeness (QED) is 0.676. The van der Waals surface area contributed by atoms with Crippen LogP contribution in [0, 0.1) is 0 Å². The topological polar surface area (TPSA) is 53.3 Å². The molecule has 5 heteroatoms. The molecule has 0 amide bonds. The van der Waals surface area contributed by atoms with Crippen molar-refractivity contribution in [3.8, 4) is 0 Å². The highest BCUT2D eigenvalue weighted by Crippen LogP contribution is 1.94. The molecule has 0 spiro atoms. The molecule has 1 rings (SSSR count). The lowest BCUT2D eigenvalue weighted by Gasteiger charge is -2.23. The lowest BCUT2D eigenvalue weighted by atomic mass is 10.2. The lowest BCUT2D eigenvalue weighted by molar-refractivity contribution is 0.114. The van der Waals surface area contributed by atoms with E-state index in [4.69, 9.17) is 0 Å². The van der Waals surface area contributed by atoms with Gasteiger partial charge in [0.1, 0.15) is 0 Å². The van der Waals surface area contributed by atoms with E-state index < -0.39 is 0 Å². The van der Waals surface area contributed by atoms with Crippen molar-refractivity contribution in [1.82, 2.24) is 19.8 Å². The highest BCUT2D eigenvalue weighted by atomic mass is 16.3. The van der Waals surface area contributed by atoms with Crippen molar-refractivity contribution in [2.75, 3.05) is 26.2 Å². The van der Waals surface area contributed by atoms with Gasteiger partial charge in [-0.05, 0) is 20.0 Å². The van der Waals surface area contributed by atoms with Gasteiger partial charge in [-0.15, -0.1) is 0 Å². The molecule has 1 aromatic heterocycles. The van der Waals surface area contributed by atoms with Crippen LogP contribution in [0.2, 0.25) is 0 Å². The summed E-state index contributed by atoms with van der Waals surface area (Å²) in [6, 6.07) is 0.325. The molecular weight excluding hydrogens is 228 g/mol. The Morgan fingerprint density at radius 1 is 1.39 bits per heavy atom. The van der Waals surface area contributed by atoms with Crippen molar-refractivity contribution in [3.05, 3.63) is 18.7 Å². The summed E-state index contributed by atoms with van der Waals surface area (Å²) in [4.78, 5) is 6.24. The molecule has 18 heavy (non-hydrogen) atoms. The third kappa shape index (κ3) is 5.62. The van der Waals surface area contributed by atoms with Crippen LogP contribution in [0.1, 0.15) is 20.8 Å². The van der Waals surface area contributed by atoms with Crippen LogP contribution in [-0.4, -0.2) is 57.9 Å². The number of aliphatic hydroxyl groups excluding tert-OH is 1. The maximum absolute atomic E-state index is 9.93. The minimum Gasteiger partial charge on any atom is -0.390 e. The molecule has 0 aliphatic heterocycles. The van der Waals surface area contributed by atoms with E-state index in [0.29, 0.717) is 12.6 Å². The Bertz CT molecular complexity index is 298. The van der Waals surface area contributed by atoms with Gasteiger partial charge in [0.15, 0.2) is 0 Å². The Balaban J connectivity index is 2.19. The average molecular weight is 254 g/mol. The second-order valence-corrected chi connectivity index (χ2v) is 4.71. The standard InChI is InChI=1S/C13H26N4O/c1-4-16(5-2)10-13(18)8-15-12(3)9-17-7-6-14-11-17/h6-7,11-13,15,18H,4-5,8-10H2,1-3H3. The van der Waals surface area contributed by atoms with Crippen LogP contribution in [0.25, 0.3) is 0 Å². The summed E-state index contributed by atoms with van der Waals surface area (Å²) in [6.45, 7) is 10.6. The summed E-state index contributed by atoms with van der Waals surface area (Å²) in [5.41, 5.74) is 0. The maximum atomic E-state index is 9.93.